The summed E-state index contributed by atoms with van der Waals surface area (Å²) in [6.45, 7) is 0.226. The summed E-state index contributed by atoms with van der Waals surface area (Å²) in [7, 11) is -2.08. The SMILES string of the molecule is CN(Cc1cccc(Cl)c1)S(=O)(=O)c1ccc(O)cc1. The van der Waals surface area contributed by atoms with Crippen molar-refractivity contribution in [1.82, 2.24) is 4.31 Å². The van der Waals surface area contributed by atoms with Crippen LogP contribution in [0, 0.1) is 0 Å². The fourth-order valence-electron chi connectivity index (χ4n) is 1.78. The second-order valence-electron chi connectivity index (χ2n) is 4.38. The Hall–Kier alpha value is -1.56. The van der Waals surface area contributed by atoms with Crippen molar-refractivity contribution in [2.45, 2.75) is 11.4 Å². The third-order valence-corrected chi connectivity index (χ3v) is 4.89. The van der Waals surface area contributed by atoms with Gasteiger partial charge in [0.15, 0.2) is 0 Å². The number of benzene rings is 2. The number of rotatable bonds is 4. The maximum Gasteiger partial charge on any atom is 0.243 e. The van der Waals surface area contributed by atoms with Crippen LogP contribution in [0.3, 0.4) is 0 Å². The molecule has 0 aromatic heterocycles. The van der Waals surface area contributed by atoms with Crippen LogP contribution in [-0.4, -0.2) is 24.9 Å². The number of hydrogen-bond donors (Lipinski definition) is 1. The van der Waals surface area contributed by atoms with Crippen LogP contribution in [0.15, 0.2) is 53.4 Å². The Morgan fingerprint density at radius 3 is 2.40 bits per heavy atom. The maximum atomic E-state index is 12.3. The van der Waals surface area contributed by atoms with Crippen LogP contribution in [0.25, 0.3) is 0 Å². The Labute approximate surface area is 123 Å². The third-order valence-electron chi connectivity index (χ3n) is 2.84. The lowest BCUT2D eigenvalue weighted by Gasteiger charge is -2.17. The quantitative estimate of drug-likeness (QED) is 0.944. The van der Waals surface area contributed by atoms with E-state index in [1.807, 2.05) is 6.07 Å². The van der Waals surface area contributed by atoms with Gasteiger partial charge in [0.25, 0.3) is 0 Å². The molecule has 0 bridgehead atoms. The molecule has 1 N–H and O–H groups in total. The molecule has 0 heterocycles. The molecule has 0 spiro atoms. The van der Waals surface area contributed by atoms with Crippen LogP contribution in [0.4, 0.5) is 0 Å². The summed E-state index contributed by atoms with van der Waals surface area (Å²) < 4.78 is 25.9. The minimum absolute atomic E-state index is 0.0291. The lowest BCUT2D eigenvalue weighted by Crippen LogP contribution is -2.26. The molecular formula is C14H14ClNO3S. The van der Waals surface area contributed by atoms with E-state index >= 15 is 0 Å². The zero-order chi connectivity index (χ0) is 14.8. The van der Waals surface area contributed by atoms with Gasteiger partial charge >= 0.3 is 0 Å². The lowest BCUT2D eigenvalue weighted by atomic mass is 10.2. The third kappa shape index (κ3) is 3.30. The Kier molecular flexibility index (Phi) is 4.32. The second-order valence-corrected chi connectivity index (χ2v) is 6.87. The summed E-state index contributed by atoms with van der Waals surface area (Å²) in [6.07, 6.45) is 0. The number of aromatic hydroxyl groups is 1. The Bertz CT molecular complexity index is 699. The average Bonchev–Trinajstić information content (AvgIpc) is 2.39. The van der Waals surface area contributed by atoms with Gasteiger partial charge in [-0.05, 0) is 42.0 Å². The Balaban J connectivity index is 2.23. The molecule has 2 rings (SSSR count). The van der Waals surface area contributed by atoms with Crippen molar-refractivity contribution in [2.24, 2.45) is 0 Å². The smallest absolute Gasteiger partial charge is 0.243 e. The summed E-state index contributed by atoms with van der Waals surface area (Å²) in [5.41, 5.74) is 0.808. The molecule has 2 aromatic rings. The fourth-order valence-corrected chi connectivity index (χ4v) is 3.15. The van der Waals surface area contributed by atoms with Gasteiger partial charge in [-0.3, -0.25) is 0 Å². The molecule has 0 aliphatic carbocycles. The van der Waals surface area contributed by atoms with Crippen LogP contribution in [0.2, 0.25) is 5.02 Å². The summed E-state index contributed by atoms with van der Waals surface area (Å²) in [5, 5.41) is 9.77. The van der Waals surface area contributed by atoms with E-state index < -0.39 is 10.0 Å². The molecule has 4 nitrogen and oxygen atoms in total. The molecule has 0 saturated heterocycles. The van der Waals surface area contributed by atoms with E-state index in [2.05, 4.69) is 0 Å². The fraction of sp³-hybridized carbons (Fsp3) is 0.143. The first-order valence-electron chi connectivity index (χ1n) is 5.89. The monoisotopic (exact) mass is 311 g/mol. The van der Waals surface area contributed by atoms with Gasteiger partial charge < -0.3 is 5.11 Å². The number of phenols is 1. The summed E-state index contributed by atoms with van der Waals surface area (Å²) in [5.74, 6) is 0.0291. The van der Waals surface area contributed by atoms with E-state index in [4.69, 9.17) is 11.6 Å². The first-order valence-corrected chi connectivity index (χ1v) is 7.71. The topological polar surface area (TPSA) is 57.6 Å². The van der Waals surface area contributed by atoms with E-state index in [-0.39, 0.29) is 17.2 Å². The first kappa shape index (κ1) is 14.8. The largest absolute Gasteiger partial charge is 0.508 e. The van der Waals surface area contributed by atoms with Crippen molar-refractivity contribution < 1.29 is 13.5 Å². The zero-order valence-corrected chi connectivity index (χ0v) is 12.4. The van der Waals surface area contributed by atoms with Gasteiger partial charge in [0.05, 0.1) is 4.90 Å². The normalized spacial score (nSPS) is 11.8. The molecule has 0 amide bonds. The molecule has 0 atom stereocenters. The summed E-state index contributed by atoms with van der Waals surface area (Å²) in [6, 6.07) is 12.5. The summed E-state index contributed by atoms with van der Waals surface area (Å²) >= 11 is 5.88. The van der Waals surface area contributed by atoms with Crippen molar-refractivity contribution in [3.63, 3.8) is 0 Å². The van der Waals surface area contributed by atoms with Crippen molar-refractivity contribution >= 4 is 21.6 Å². The van der Waals surface area contributed by atoms with Gasteiger partial charge in [-0.25, -0.2) is 8.42 Å². The van der Waals surface area contributed by atoms with Crippen LogP contribution in [-0.2, 0) is 16.6 Å². The van der Waals surface area contributed by atoms with Gasteiger partial charge in [-0.2, -0.15) is 4.31 Å². The van der Waals surface area contributed by atoms with E-state index in [0.29, 0.717) is 5.02 Å². The second kappa shape index (κ2) is 5.83. The minimum atomic E-state index is -3.59. The standard InChI is InChI=1S/C14H14ClNO3S/c1-16(10-11-3-2-4-12(15)9-11)20(18,19)14-7-5-13(17)6-8-14/h2-9,17H,10H2,1H3. The number of hydrogen-bond acceptors (Lipinski definition) is 3. The predicted molar refractivity (Wildman–Crippen MR) is 78.2 cm³/mol. The molecule has 2 aromatic carbocycles. The molecule has 0 saturated carbocycles. The zero-order valence-electron chi connectivity index (χ0n) is 10.8. The number of phenolic OH excluding ortho intramolecular Hbond substituents is 1. The molecule has 0 fully saturated rings. The maximum absolute atomic E-state index is 12.3. The molecule has 6 heteroatoms. The highest BCUT2D eigenvalue weighted by Crippen LogP contribution is 2.20. The van der Waals surface area contributed by atoms with E-state index in [9.17, 15) is 13.5 Å². The molecular weight excluding hydrogens is 298 g/mol. The van der Waals surface area contributed by atoms with Crippen molar-refractivity contribution in [1.29, 1.82) is 0 Å². The van der Waals surface area contributed by atoms with Crippen molar-refractivity contribution in [3.8, 4) is 5.75 Å². The van der Waals surface area contributed by atoms with E-state index in [1.165, 1.54) is 35.6 Å². The van der Waals surface area contributed by atoms with Crippen LogP contribution < -0.4 is 0 Å². The van der Waals surface area contributed by atoms with E-state index in [1.54, 1.807) is 18.2 Å². The molecule has 0 aliphatic heterocycles. The Morgan fingerprint density at radius 2 is 1.80 bits per heavy atom. The molecule has 0 radical (unpaired) electrons. The van der Waals surface area contributed by atoms with Crippen LogP contribution in [0.5, 0.6) is 5.75 Å². The van der Waals surface area contributed by atoms with Crippen LogP contribution in [0.1, 0.15) is 5.56 Å². The number of sulfonamides is 1. The van der Waals surface area contributed by atoms with E-state index in [0.717, 1.165) is 5.56 Å². The van der Waals surface area contributed by atoms with Gasteiger partial charge in [-0.1, -0.05) is 23.7 Å². The average molecular weight is 312 g/mol. The highest BCUT2D eigenvalue weighted by molar-refractivity contribution is 7.89. The van der Waals surface area contributed by atoms with Crippen LogP contribution >= 0.6 is 11.6 Å². The minimum Gasteiger partial charge on any atom is -0.508 e. The first-order chi connectivity index (χ1) is 9.39. The number of halogens is 1. The molecule has 20 heavy (non-hydrogen) atoms. The Morgan fingerprint density at radius 1 is 1.15 bits per heavy atom. The van der Waals surface area contributed by atoms with Crippen molar-refractivity contribution in [2.75, 3.05) is 7.05 Å². The molecule has 0 unspecified atom stereocenters. The van der Waals surface area contributed by atoms with Gasteiger partial charge in [-0.15, -0.1) is 0 Å². The highest BCUT2D eigenvalue weighted by atomic mass is 35.5. The number of nitrogens with zero attached hydrogens (tertiary/aromatic N) is 1. The van der Waals surface area contributed by atoms with Gasteiger partial charge in [0.2, 0.25) is 10.0 Å². The molecule has 106 valence electrons. The highest BCUT2D eigenvalue weighted by Gasteiger charge is 2.20. The lowest BCUT2D eigenvalue weighted by molar-refractivity contribution is 0.465. The van der Waals surface area contributed by atoms with Crippen molar-refractivity contribution in [3.05, 3.63) is 59.1 Å². The van der Waals surface area contributed by atoms with Gasteiger partial charge in [0.1, 0.15) is 5.75 Å². The predicted octanol–water partition coefficient (Wildman–Crippen LogP) is 2.87. The van der Waals surface area contributed by atoms with Gasteiger partial charge in [0, 0.05) is 18.6 Å². The summed E-state index contributed by atoms with van der Waals surface area (Å²) in [4.78, 5) is 0.139. The molecule has 0 aliphatic rings.